The Bertz CT molecular complexity index is 953. The predicted octanol–water partition coefficient (Wildman–Crippen LogP) is 2.77. The van der Waals surface area contributed by atoms with Crippen LogP contribution in [0.4, 0.5) is 0 Å². The van der Waals surface area contributed by atoms with Gasteiger partial charge in [0.25, 0.3) is 0 Å². The third-order valence-corrected chi connectivity index (χ3v) is 5.14. The molecule has 1 aliphatic rings. The fraction of sp³-hybridized carbons (Fsp3) is 0.364. The van der Waals surface area contributed by atoms with Crippen LogP contribution in [0.1, 0.15) is 31.8 Å². The van der Waals surface area contributed by atoms with Crippen molar-refractivity contribution < 1.29 is 28.5 Å². The van der Waals surface area contributed by atoms with Gasteiger partial charge in [0.2, 0.25) is 11.6 Å². The molecule has 7 heteroatoms. The molecule has 0 spiro atoms. The summed E-state index contributed by atoms with van der Waals surface area (Å²) in [5, 5.41) is 0. The Labute approximate surface area is 170 Å². The van der Waals surface area contributed by atoms with Crippen molar-refractivity contribution in [1.29, 1.82) is 0 Å². The third-order valence-electron chi connectivity index (χ3n) is 5.14. The van der Waals surface area contributed by atoms with Crippen LogP contribution in [-0.2, 0) is 13.0 Å². The average Bonchev–Trinajstić information content (AvgIpc) is 2.74. The van der Waals surface area contributed by atoms with Gasteiger partial charge in [-0.25, -0.2) is 0 Å². The number of Topliss-reactive ketones (excluding diaryl/α,β-unsaturated/α-hetero) is 2. The Hall–Kier alpha value is -3.06. The van der Waals surface area contributed by atoms with Gasteiger partial charge >= 0.3 is 0 Å². The quantitative estimate of drug-likeness (QED) is 0.732. The summed E-state index contributed by atoms with van der Waals surface area (Å²) in [6.45, 7) is 1.11. The first-order valence-corrected chi connectivity index (χ1v) is 9.21. The lowest BCUT2D eigenvalue weighted by molar-refractivity contribution is 0.0814. The summed E-state index contributed by atoms with van der Waals surface area (Å²) in [6.07, 6.45) is 0.576. The van der Waals surface area contributed by atoms with E-state index in [1.807, 2.05) is 7.05 Å². The van der Waals surface area contributed by atoms with E-state index < -0.39 is 11.6 Å². The van der Waals surface area contributed by atoms with Crippen LogP contribution in [0.5, 0.6) is 23.0 Å². The second-order valence-electron chi connectivity index (χ2n) is 6.84. The minimum Gasteiger partial charge on any atom is -0.493 e. The van der Waals surface area contributed by atoms with E-state index in [0.29, 0.717) is 59.2 Å². The van der Waals surface area contributed by atoms with E-state index in [2.05, 4.69) is 4.90 Å². The molecule has 154 valence electrons. The van der Waals surface area contributed by atoms with Crippen LogP contribution in [-0.4, -0.2) is 58.5 Å². The zero-order chi connectivity index (χ0) is 21.1. The first kappa shape index (κ1) is 20.7. The summed E-state index contributed by atoms with van der Waals surface area (Å²) in [5.74, 6) is 0.738. The Kier molecular flexibility index (Phi) is 6.08. The number of benzene rings is 2. The number of ketones is 2. The third kappa shape index (κ3) is 3.78. The molecule has 0 aliphatic carbocycles. The van der Waals surface area contributed by atoms with Gasteiger partial charge in [-0.15, -0.1) is 0 Å². The molecular formula is C22H25NO6. The van der Waals surface area contributed by atoms with Crippen molar-refractivity contribution >= 4 is 11.6 Å². The summed E-state index contributed by atoms with van der Waals surface area (Å²) < 4.78 is 21.6. The number of likely N-dealkylation sites (N-methyl/N-ethyl adjacent to an activating group) is 1. The highest BCUT2D eigenvalue weighted by Crippen LogP contribution is 2.37. The van der Waals surface area contributed by atoms with Crippen LogP contribution in [0.15, 0.2) is 24.3 Å². The van der Waals surface area contributed by atoms with Crippen LogP contribution in [0, 0.1) is 0 Å². The Morgan fingerprint density at radius 2 is 1.41 bits per heavy atom. The van der Waals surface area contributed by atoms with Crippen molar-refractivity contribution in [3.8, 4) is 23.0 Å². The maximum absolute atomic E-state index is 13.2. The standard InChI is InChI=1S/C22H25NO6/c1-23-9-8-13-10-18(27-3)19(28-4)11-15(13)21(25)20(24)14-6-7-17(26-2)22(29-5)16(14)12-23/h6-7,10-11H,8-9,12H2,1-5H3. The van der Waals surface area contributed by atoms with Crippen molar-refractivity contribution in [3.05, 3.63) is 46.5 Å². The summed E-state index contributed by atoms with van der Waals surface area (Å²) in [7, 11) is 8.06. The molecule has 2 aromatic carbocycles. The van der Waals surface area contributed by atoms with Gasteiger partial charge in [0.05, 0.1) is 28.4 Å². The maximum Gasteiger partial charge on any atom is 0.234 e. The summed E-state index contributed by atoms with van der Waals surface area (Å²) in [4.78, 5) is 28.5. The van der Waals surface area contributed by atoms with Crippen molar-refractivity contribution in [1.82, 2.24) is 4.90 Å². The van der Waals surface area contributed by atoms with Crippen LogP contribution in [0.3, 0.4) is 0 Å². The van der Waals surface area contributed by atoms with Crippen LogP contribution < -0.4 is 18.9 Å². The highest BCUT2D eigenvalue weighted by molar-refractivity contribution is 6.50. The van der Waals surface area contributed by atoms with Crippen LogP contribution >= 0.6 is 0 Å². The van der Waals surface area contributed by atoms with Gasteiger partial charge in [-0.05, 0) is 43.3 Å². The number of hydrogen-bond donors (Lipinski definition) is 0. The van der Waals surface area contributed by atoms with Gasteiger partial charge in [-0.1, -0.05) is 0 Å². The molecule has 0 amide bonds. The number of carbonyl (C=O) groups is 2. The largest absolute Gasteiger partial charge is 0.493 e. The minimum atomic E-state index is -0.593. The molecule has 29 heavy (non-hydrogen) atoms. The topological polar surface area (TPSA) is 74.3 Å². The first-order valence-electron chi connectivity index (χ1n) is 9.21. The van der Waals surface area contributed by atoms with E-state index in [0.717, 1.165) is 5.56 Å². The Balaban J connectivity index is 2.21. The summed E-state index contributed by atoms with van der Waals surface area (Å²) in [5.41, 5.74) is 2.01. The number of fused-ring (bicyclic) bond motifs is 2. The summed E-state index contributed by atoms with van der Waals surface area (Å²) in [6, 6.07) is 6.61. The number of ether oxygens (including phenoxy) is 4. The summed E-state index contributed by atoms with van der Waals surface area (Å²) >= 11 is 0. The van der Waals surface area contributed by atoms with Crippen LogP contribution in [0.25, 0.3) is 0 Å². The van der Waals surface area contributed by atoms with Gasteiger partial charge in [-0.2, -0.15) is 0 Å². The first-order chi connectivity index (χ1) is 13.9. The number of carbonyl (C=O) groups excluding carboxylic acids is 2. The second kappa shape index (κ2) is 8.53. The van der Waals surface area contributed by atoms with E-state index >= 15 is 0 Å². The van der Waals surface area contributed by atoms with Gasteiger partial charge < -0.3 is 23.8 Å². The normalized spacial score (nSPS) is 14.7. The molecule has 0 N–H and O–H groups in total. The number of methoxy groups -OCH3 is 4. The molecule has 0 radical (unpaired) electrons. The van der Waals surface area contributed by atoms with Crippen molar-refractivity contribution in [3.63, 3.8) is 0 Å². The Morgan fingerprint density at radius 1 is 0.793 bits per heavy atom. The molecular weight excluding hydrogens is 374 g/mol. The van der Waals surface area contributed by atoms with E-state index in [9.17, 15) is 9.59 Å². The van der Waals surface area contributed by atoms with Gasteiger partial charge in [0.15, 0.2) is 23.0 Å². The molecule has 0 aromatic heterocycles. The van der Waals surface area contributed by atoms with Crippen molar-refractivity contribution in [2.75, 3.05) is 42.0 Å². The lowest BCUT2D eigenvalue weighted by Gasteiger charge is -2.24. The average molecular weight is 399 g/mol. The highest BCUT2D eigenvalue weighted by atomic mass is 16.5. The lowest BCUT2D eigenvalue weighted by Crippen LogP contribution is -2.27. The molecule has 7 nitrogen and oxygen atoms in total. The van der Waals surface area contributed by atoms with E-state index in [1.165, 1.54) is 21.3 Å². The molecule has 0 atom stereocenters. The predicted molar refractivity (Wildman–Crippen MR) is 108 cm³/mol. The zero-order valence-corrected chi connectivity index (χ0v) is 17.3. The maximum atomic E-state index is 13.2. The van der Waals surface area contributed by atoms with Gasteiger partial charge in [0, 0.05) is 29.8 Å². The molecule has 0 saturated heterocycles. The fourth-order valence-electron chi connectivity index (χ4n) is 3.60. The Morgan fingerprint density at radius 3 is 2.03 bits per heavy atom. The van der Waals surface area contributed by atoms with Crippen LogP contribution in [0.2, 0.25) is 0 Å². The molecule has 0 bridgehead atoms. The number of hydrogen-bond acceptors (Lipinski definition) is 7. The molecule has 0 saturated carbocycles. The molecule has 0 unspecified atom stereocenters. The van der Waals surface area contributed by atoms with Crippen molar-refractivity contribution in [2.24, 2.45) is 0 Å². The molecule has 2 aromatic rings. The minimum absolute atomic E-state index is 0.308. The second-order valence-corrected chi connectivity index (χ2v) is 6.84. The van der Waals surface area contributed by atoms with E-state index in [1.54, 1.807) is 31.4 Å². The van der Waals surface area contributed by atoms with Crippen molar-refractivity contribution in [2.45, 2.75) is 13.0 Å². The SMILES string of the molecule is COc1cc2c(cc1OC)C(=O)C(=O)c1ccc(OC)c(OC)c1CN(C)CC2. The molecule has 3 rings (SSSR count). The van der Waals surface area contributed by atoms with E-state index in [-0.39, 0.29) is 0 Å². The monoisotopic (exact) mass is 399 g/mol. The highest BCUT2D eigenvalue weighted by Gasteiger charge is 2.29. The number of rotatable bonds is 4. The zero-order valence-electron chi connectivity index (χ0n) is 17.3. The molecule has 0 fully saturated rings. The molecule has 1 heterocycles. The van der Waals surface area contributed by atoms with Gasteiger partial charge in [-0.3, -0.25) is 9.59 Å². The van der Waals surface area contributed by atoms with E-state index in [4.69, 9.17) is 18.9 Å². The molecule has 1 aliphatic heterocycles. The number of nitrogens with zero attached hydrogens (tertiary/aromatic N) is 1. The van der Waals surface area contributed by atoms with Gasteiger partial charge in [0.1, 0.15) is 0 Å². The lowest BCUT2D eigenvalue weighted by atomic mass is 9.91. The fourth-order valence-corrected chi connectivity index (χ4v) is 3.60. The smallest absolute Gasteiger partial charge is 0.234 e.